The first-order valence-electron chi connectivity index (χ1n) is 4.87. The van der Waals surface area contributed by atoms with E-state index in [1.54, 1.807) is 23.0 Å². The van der Waals surface area contributed by atoms with Gasteiger partial charge in [-0.25, -0.2) is 9.37 Å². The molecule has 80 valence electrons. The summed E-state index contributed by atoms with van der Waals surface area (Å²) in [6.45, 7) is 2.39. The molecular weight excluding hydrogens is 205 g/mol. The Morgan fingerprint density at radius 3 is 3.00 bits per heavy atom. The zero-order valence-corrected chi connectivity index (χ0v) is 8.81. The van der Waals surface area contributed by atoms with Crippen molar-refractivity contribution in [3.63, 3.8) is 0 Å². The summed E-state index contributed by atoms with van der Waals surface area (Å²) in [7, 11) is 0. The van der Waals surface area contributed by atoms with Gasteiger partial charge in [0, 0.05) is 18.9 Å². The van der Waals surface area contributed by atoms with Crippen molar-refractivity contribution in [2.75, 3.05) is 0 Å². The molecule has 0 N–H and O–H groups in total. The molecule has 0 bridgehead atoms. The zero-order chi connectivity index (χ0) is 11.5. The molecule has 0 fully saturated rings. The van der Waals surface area contributed by atoms with Crippen LogP contribution in [0.3, 0.4) is 0 Å². The fraction of sp³-hybridized carbons (Fsp3) is 0.167. The van der Waals surface area contributed by atoms with E-state index in [0.717, 1.165) is 11.1 Å². The number of nitriles is 1. The maximum atomic E-state index is 12.9. The van der Waals surface area contributed by atoms with Crippen LogP contribution in [0.1, 0.15) is 17.0 Å². The number of nitrogens with zero attached hydrogens (tertiary/aromatic N) is 3. The Balaban J connectivity index is 2.31. The van der Waals surface area contributed by atoms with Crippen molar-refractivity contribution >= 4 is 0 Å². The van der Waals surface area contributed by atoms with Crippen LogP contribution in [0.4, 0.5) is 4.39 Å². The van der Waals surface area contributed by atoms with E-state index in [2.05, 4.69) is 4.98 Å². The molecule has 1 aromatic carbocycles. The van der Waals surface area contributed by atoms with E-state index in [-0.39, 0.29) is 5.82 Å². The number of hydrogen-bond donors (Lipinski definition) is 0. The van der Waals surface area contributed by atoms with Crippen LogP contribution in [0.25, 0.3) is 0 Å². The summed E-state index contributed by atoms with van der Waals surface area (Å²) in [6.07, 6.45) is 3.32. The van der Waals surface area contributed by atoms with Gasteiger partial charge in [-0.1, -0.05) is 6.07 Å². The topological polar surface area (TPSA) is 41.6 Å². The number of aryl methyl sites for hydroxylation is 1. The van der Waals surface area contributed by atoms with Gasteiger partial charge in [0.25, 0.3) is 0 Å². The highest BCUT2D eigenvalue weighted by Gasteiger charge is 2.04. The molecule has 0 aliphatic rings. The number of rotatable bonds is 2. The molecule has 0 aliphatic carbocycles. The van der Waals surface area contributed by atoms with E-state index in [1.807, 2.05) is 13.0 Å². The highest BCUT2D eigenvalue weighted by atomic mass is 19.1. The lowest BCUT2D eigenvalue weighted by atomic mass is 10.1. The van der Waals surface area contributed by atoms with Crippen molar-refractivity contribution in [3.8, 4) is 6.07 Å². The standard InChI is InChI=1S/C12H10FN3/c1-9-6-11(13)3-2-10(9)8-16-5-4-15-12(16)7-14/h2-6H,8H2,1H3. The molecule has 0 spiro atoms. The van der Waals surface area contributed by atoms with Gasteiger partial charge in [-0.05, 0) is 30.2 Å². The van der Waals surface area contributed by atoms with E-state index in [1.165, 1.54) is 12.1 Å². The summed E-state index contributed by atoms with van der Waals surface area (Å²) in [5.74, 6) is 0.121. The van der Waals surface area contributed by atoms with Crippen molar-refractivity contribution in [3.05, 3.63) is 53.4 Å². The summed E-state index contributed by atoms with van der Waals surface area (Å²) in [5.41, 5.74) is 1.86. The van der Waals surface area contributed by atoms with Gasteiger partial charge >= 0.3 is 0 Å². The Kier molecular flexibility index (Phi) is 2.69. The minimum absolute atomic E-state index is 0.243. The molecule has 2 aromatic rings. The molecule has 3 nitrogen and oxygen atoms in total. The summed E-state index contributed by atoms with van der Waals surface area (Å²) < 4.78 is 14.6. The molecule has 0 saturated carbocycles. The van der Waals surface area contributed by atoms with Crippen molar-refractivity contribution in [2.24, 2.45) is 0 Å². The lowest BCUT2D eigenvalue weighted by Crippen LogP contribution is -2.03. The van der Waals surface area contributed by atoms with Gasteiger partial charge in [0.1, 0.15) is 11.9 Å². The molecule has 0 radical (unpaired) electrons. The summed E-state index contributed by atoms with van der Waals surface area (Å²) >= 11 is 0. The molecule has 0 aliphatic heterocycles. The quantitative estimate of drug-likeness (QED) is 0.771. The monoisotopic (exact) mass is 215 g/mol. The molecule has 2 rings (SSSR count). The van der Waals surface area contributed by atoms with E-state index in [9.17, 15) is 4.39 Å². The molecular formula is C12H10FN3. The van der Waals surface area contributed by atoms with Crippen LogP contribution < -0.4 is 0 Å². The number of hydrogen-bond acceptors (Lipinski definition) is 2. The highest BCUT2D eigenvalue weighted by Crippen LogP contribution is 2.12. The predicted molar refractivity (Wildman–Crippen MR) is 57.2 cm³/mol. The summed E-state index contributed by atoms with van der Waals surface area (Å²) in [5, 5.41) is 8.81. The van der Waals surface area contributed by atoms with Gasteiger partial charge in [0.2, 0.25) is 5.82 Å². The van der Waals surface area contributed by atoms with E-state index < -0.39 is 0 Å². The second-order valence-electron chi connectivity index (χ2n) is 3.56. The van der Waals surface area contributed by atoms with Crippen LogP contribution in [0, 0.1) is 24.1 Å². The SMILES string of the molecule is Cc1cc(F)ccc1Cn1ccnc1C#N. The first-order valence-corrected chi connectivity index (χ1v) is 4.87. The maximum Gasteiger partial charge on any atom is 0.213 e. The number of aromatic nitrogens is 2. The Morgan fingerprint density at radius 1 is 1.50 bits per heavy atom. The second kappa shape index (κ2) is 4.15. The zero-order valence-electron chi connectivity index (χ0n) is 8.81. The molecule has 0 unspecified atom stereocenters. The van der Waals surface area contributed by atoms with Crippen LogP contribution in [0.2, 0.25) is 0 Å². The lowest BCUT2D eigenvalue weighted by Gasteiger charge is -2.07. The maximum absolute atomic E-state index is 12.9. The van der Waals surface area contributed by atoms with Crippen molar-refractivity contribution < 1.29 is 4.39 Å². The molecule has 1 heterocycles. The van der Waals surface area contributed by atoms with Gasteiger partial charge in [0.05, 0.1) is 0 Å². The minimum atomic E-state index is -0.243. The van der Waals surface area contributed by atoms with Crippen molar-refractivity contribution in [1.29, 1.82) is 5.26 Å². The predicted octanol–water partition coefficient (Wildman–Crippen LogP) is 2.25. The van der Waals surface area contributed by atoms with Crippen LogP contribution >= 0.6 is 0 Å². The van der Waals surface area contributed by atoms with E-state index in [0.29, 0.717) is 12.4 Å². The van der Waals surface area contributed by atoms with Crippen LogP contribution in [0.15, 0.2) is 30.6 Å². The highest BCUT2D eigenvalue weighted by molar-refractivity contribution is 5.27. The van der Waals surface area contributed by atoms with Crippen LogP contribution in [0.5, 0.6) is 0 Å². The Hall–Kier alpha value is -2.15. The molecule has 0 saturated heterocycles. The van der Waals surface area contributed by atoms with Gasteiger partial charge in [-0.15, -0.1) is 0 Å². The Labute approximate surface area is 92.8 Å². The average Bonchev–Trinajstić information content (AvgIpc) is 2.69. The Morgan fingerprint density at radius 2 is 2.31 bits per heavy atom. The third kappa shape index (κ3) is 1.94. The average molecular weight is 215 g/mol. The number of halogens is 1. The lowest BCUT2D eigenvalue weighted by molar-refractivity contribution is 0.624. The third-order valence-corrected chi connectivity index (χ3v) is 2.46. The molecule has 0 amide bonds. The van der Waals surface area contributed by atoms with Crippen LogP contribution in [-0.4, -0.2) is 9.55 Å². The summed E-state index contributed by atoms with van der Waals surface area (Å²) in [6, 6.07) is 6.64. The van der Waals surface area contributed by atoms with Gasteiger partial charge < -0.3 is 4.57 Å². The second-order valence-corrected chi connectivity index (χ2v) is 3.56. The summed E-state index contributed by atoms with van der Waals surface area (Å²) in [4.78, 5) is 3.91. The fourth-order valence-corrected chi connectivity index (χ4v) is 1.57. The van der Waals surface area contributed by atoms with E-state index in [4.69, 9.17) is 5.26 Å². The van der Waals surface area contributed by atoms with E-state index >= 15 is 0 Å². The Bertz CT molecular complexity index is 552. The first kappa shape index (κ1) is 10.4. The van der Waals surface area contributed by atoms with Gasteiger partial charge in [-0.3, -0.25) is 0 Å². The largest absolute Gasteiger partial charge is 0.318 e. The van der Waals surface area contributed by atoms with Gasteiger partial charge in [0.15, 0.2) is 0 Å². The third-order valence-electron chi connectivity index (χ3n) is 2.46. The van der Waals surface area contributed by atoms with Crippen molar-refractivity contribution in [2.45, 2.75) is 13.5 Å². The molecule has 4 heteroatoms. The molecule has 1 aromatic heterocycles. The number of benzene rings is 1. The molecule has 16 heavy (non-hydrogen) atoms. The van der Waals surface area contributed by atoms with Crippen LogP contribution in [-0.2, 0) is 6.54 Å². The van der Waals surface area contributed by atoms with Gasteiger partial charge in [-0.2, -0.15) is 5.26 Å². The number of imidazole rings is 1. The smallest absolute Gasteiger partial charge is 0.213 e. The first-order chi connectivity index (χ1) is 7.70. The van der Waals surface area contributed by atoms with Crippen molar-refractivity contribution in [1.82, 2.24) is 9.55 Å². The normalized spacial score (nSPS) is 10.1. The minimum Gasteiger partial charge on any atom is -0.318 e. The fourth-order valence-electron chi connectivity index (χ4n) is 1.57. The molecule has 0 atom stereocenters.